The van der Waals surface area contributed by atoms with Crippen LogP contribution < -0.4 is 10.2 Å². The lowest BCUT2D eigenvalue weighted by Crippen LogP contribution is -2.31. The van der Waals surface area contributed by atoms with Crippen molar-refractivity contribution in [2.24, 2.45) is 0 Å². The minimum atomic E-state index is -4.47. The Bertz CT molecular complexity index is 662. The topological polar surface area (TPSA) is 49.7 Å². The highest BCUT2D eigenvalue weighted by molar-refractivity contribution is 6.59. The summed E-state index contributed by atoms with van der Waals surface area (Å²) in [6.07, 6.45) is -4.47. The van der Waals surface area contributed by atoms with E-state index < -0.39 is 18.9 Å². The van der Waals surface area contributed by atoms with Gasteiger partial charge >= 0.3 is 13.3 Å². The zero-order valence-electron chi connectivity index (χ0n) is 11.1. The Balaban J connectivity index is 2.22. The Kier molecular flexibility index (Phi) is 5.00. The molecule has 0 saturated heterocycles. The van der Waals surface area contributed by atoms with E-state index in [1.165, 1.54) is 12.1 Å². The molecule has 0 fully saturated rings. The minimum Gasteiger partial charge on any atom is -0.489 e. The minimum absolute atomic E-state index is 0.116. The molecule has 0 spiro atoms. The maximum Gasteiger partial charge on any atom is 0.492 e. The molecule has 2 aromatic carbocycles. The summed E-state index contributed by atoms with van der Waals surface area (Å²) in [5.41, 5.74) is -0.560. The van der Waals surface area contributed by atoms with E-state index in [2.05, 4.69) is 0 Å². The number of alkyl halides is 3. The van der Waals surface area contributed by atoms with Crippen molar-refractivity contribution in [3.63, 3.8) is 0 Å². The first-order valence-corrected chi connectivity index (χ1v) is 6.60. The van der Waals surface area contributed by atoms with Gasteiger partial charge in [0, 0.05) is 16.0 Å². The fourth-order valence-corrected chi connectivity index (χ4v) is 2.01. The van der Waals surface area contributed by atoms with Gasteiger partial charge in [0.1, 0.15) is 12.4 Å². The fourth-order valence-electron chi connectivity index (χ4n) is 1.84. The first-order chi connectivity index (χ1) is 10.3. The van der Waals surface area contributed by atoms with Gasteiger partial charge in [-0.1, -0.05) is 29.8 Å². The lowest BCUT2D eigenvalue weighted by Gasteiger charge is -2.13. The quantitative estimate of drug-likeness (QED) is 0.847. The number of rotatable bonds is 4. The molecule has 0 aliphatic carbocycles. The van der Waals surface area contributed by atoms with Crippen LogP contribution in [0.5, 0.6) is 5.75 Å². The lowest BCUT2D eigenvalue weighted by molar-refractivity contribution is -0.137. The van der Waals surface area contributed by atoms with Gasteiger partial charge in [-0.2, -0.15) is 13.2 Å². The molecule has 0 radical (unpaired) electrons. The largest absolute Gasteiger partial charge is 0.492 e. The Labute approximate surface area is 130 Å². The highest BCUT2D eigenvalue weighted by Crippen LogP contribution is 2.32. The lowest BCUT2D eigenvalue weighted by atomic mass is 9.79. The predicted molar refractivity (Wildman–Crippen MR) is 77.1 cm³/mol. The number of hydrogen-bond acceptors (Lipinski definition) is 3. The van der Waals surface area contributed by atoms with Crippen molar-refractivity contribution >= 4 is 24.2 Å². The van der Waals surface area contributed by atoms with Gasteiger partial charge < -0.3 is 14.8 Å². The molecular formula is C14H11BClF3O3. The second-order valence-corrected chi connectivity index (χ2v) is 4.91. The van der Waals surface area contributed by atoms with Gasteiger partial charge in [0.15, 0.2) is 0 Å². The van der Waals surface area contributed by atoms with Crippen molar-refractivity contribution < 1.29 is 28.0 Å². The van der Waals surface area contributed by atoms with Crippen LogP contribution in [-0.4, -0.2) is 17.2 Å². The van der Waals surface area contributed by atoms with Crippen LogP contribution in [0.15, 0.2) is 42.5 Å². The van der Waals surface area contributed by atoms with Crippen LogP contribution in [0.2, 0.25) is 5.02 Å². The highest BCUT2D eigenvalue weighted by atomic mass is 35.5. The van der Waals surface area contributed by atoms with E-state index in [-0.39, 0.29) is 28.4 Å². The number of benzene rings is 2. The molecule has 22 heavy (non-hydrogen) atoms. The third-order valence-electron chi connectivity index (χ3n) is 2.95. The summed E-state index contributed by atoms with van der Waals surface area (Å²) in [7, 11) is -1.74. The smallest absolute Gasteiger partial charge is 0.489 e. The summed E-state index contributed by atoms with van der Waals surface area (Å²) in [6.45, 7) is -0.230. The number of ether oxygens (including phenoxy) is 1. The molecule has 0 atom stereocenters. The van der Waals surface area contributed by atoms with Crippen molar-refractivity contribution in [1.82, 2.24) is 0 Å². The van der Waals surface area contributed by atoms with Gasteiger partial charge in [-0.25, -0.2) is 0 Å². The van der Waals surface area contributed by atoms with Crippen molar-refractivity contribution in [2.45, 2.75) is 12.8 Å². The molecule has 0 aliphatic rings. The standard InChI is InChI=1S/C14H11BClF3O3/c16-12-6-5-10(14(17,18)19)7-9(12)8-22-13-4-2-1-3-11(13)15(20)21/h1-7,20-21H,8H2. The summed E-state index contributed by atoms with van der Waals surface area (Å²) in [6, 6.07) is 9.05. The predicted octanol–water partition coefficient (Wildman–Crippen LogP) is 2.62. The molecule has 0 bridgehead atoms. The SMILES string of the molecule is OB(O)c1ccccc1OCc1cc(C(F)(F)F)ccc1Cl. The molecule has 0 saturated carbocycles. The molecule has 2 N–H and O–H groups in total. The van der Waals surface area contributed by atoms with Gasteiger partial charge in [-0.05, 0) is 24.3 Å². The molecule has 8 heteroatoms. The van der Waals surface area contributed by atoms with Crippen LogP contribution in [0.4, 0.5) is 13.2 Å². The van der Waals surface area contributed by atoms with Gasteiger partial charge in [0.05, 0.1) is 5.56 Å². The van der Waals surface area contributed by atoms with E-state index in [1.807, 2.05) is 0 Å². The second kappa shape index (κ2) is 6.60. The zero-order valence-corrected chi connectivity index (χ0v) is 11.9. The molecule has 0 unspecified atom stereocenters. The molecule has 0 aliphatic heterocycles. The Morgan fingerprint density at radius 1 is 1.09 bits per heavy atom. The molecule has 0 aromatic heterocycles. The average molecular weight is 330 g/mol. The third kappa shape index (κ3) is 3.94. The first kappa shape index (κ1) is 16.7. The van der Waals surface area contributed by atoms with Crippen molar-refractivity contribution in [3.8, 4) is 5.75 Å². The Hall–Kier alpha value is -1.70. The average Bonchev–Trinajstić information content (AvgIpc) is 2.45. The van der Waals surface area contributed by atoms with Crippen LogP contribution in [0, 0.1) is 0 Å². The monoisotopic (exact) mass is 330 g/mol. The number of halogens is 4. The van der Waals surface area contributed by atoms with Crippen molar-refractivity contribution in [3.05, 3.63) is 58.6 Å². The van der Waals surface area contributed by atoms with Crippen LogP contribution in [-0.2, 0) is 12.8 Å². The Morgan fingerprint density at radius 2 is 1.77 bits per heavy atom. The summed E-state index contributed by atoms with van der Waals surface area (Å²) < 4.78 is 43.4. The number of para-hydroxylation sites is 1. The summed E-state index contributed by atoms with van der Waals surface area (Å²) in [5.74, 6) is 0.158. The van der Waals surface area contributed by atoms with Gasteiger partial charge in [-0.15, -0.1) is 0 Å². The van der Waals surface area contributed by atoms with Gasteiger partial charge in [0.25, 0.3) is 0 Å². The molecule has 0 amide bonds. The van der Waals surface area contributed by atoms with Gasteiger partial charge in [-0.3, -0.25) is 0 Å². The van der Waals surface area contributed by atoms with E-state index in [0.717, 1.165) is 18.2 Å². The maximum absolute atomic E-state index is 12.7. The third-order valence-corrected chi connectivity index (χ3v) is 3.32. The fraction of sp³-hybridized carbons (Fsp3) is 0.143. The second-order valence-electron chi connectivity index (χ2n) is 4.50. The summed E-state index contributed by atoms with van der Waals surface area (Å²) in [5, 5.41) is 18.5. The normalized spacial score (nSPS) is 11.4. The maximum atomic E-state index is 12.7. The van der Waals surface area contributed by atoms with Crippen molar-refractivity contribution in [1.29, 1.82) is 0 Å². The molecule has 2 rings (SSSR count). The van der Waals surface area contributed by atoms with Crippen LogP contribution in [0.3, 0.4) is 0 Å². The zero-order chi connectivity index (χ0) is 16.3. The molecular weight excluding hydrogens is 319 g/mol. The van der Waals surface area contributed by atoms with E-state index in [4.69, 9.17) is 16.3 Å². The number of hydrogen-bond donors (Lipinski definition) is 2. The Morgan fingerprint density at radius 3 is 2.41 bits per heavy atom. The highest BCUT2D eigenvalue weighted by Gasteiger charge is 2.31. The molecule has 116 valence electrons. The molecule has 0 heterocycles. The molecule has 2 aromatic rings. The summed E-state index contributed by atoms with van der Waals surface area (Å²) >= 11 is 5.87. The summed E-state index contributed by atoms with van der Waals surface area (Å²) in [4.78, 5) is 0. The van der Waals surface area contributed by atoms with Crippen molar-refractivity contribution in [2.75, 3.05) is 0 Å². The van der Waals surface area contributed by atoms with E-state index in [0.29, 0.717) is 0 Å². The van der Waals surface area contributed by atoms with Gasteiger partial charge in [0.2, 0.25) is 0 Å². The van der Waals surface area contributed by atoms with E-state index >= 15 is 0 Å². The van der Waals surface area contributed by atoms with E-state index in [9.17, 15) is 23.2 Å². The first-order valence-electron chi connectivity index (χ1n) is 6.22. The molecule has 3 nitrogen and oxygen atoms in total. The van der Waals surface area contributed by atoms with Crippen LogP contribution >= 0.6 is 11.6 Å². The van der Waals surface area contributed by atoms with Crippen LogP contribution in [0.25, 0.3) is 0 Å². The van der Waals surface area contributed by atoms with E-state index in [1.54, 1.807) is 12.1 Å². The van der Waals surface area contributed by atoms with Crippen LogP contribution in [0.1, 0.15) is 11.1 Å².